The fraction of sp³-hybridized carbons (Fsp3) is 0.720. The van der Waals surface area contributed by atoms with Gasteiger partial charge in [0.15, 0.2) is 0 Å². The smallest absolute Gasteiger partial charge is 0.372 e. The molecule has 0 bridgehead atoms. The van der Waals surface area contributed by atoms with Gasteiger partial charge in [0.05, 0.1) is 5.56 Å². The average molecular weight is 533 g/mol. The summed E-state index contributed by atoms with van der Waals surface area (Å²) in [7, 11) is 3.32. The number of aromatic nitrogens is 1. The summed E-state index contributed by atoms with van der Waals surface area (Å²) < 4.78 is 40.4. The summed E-state index contributed by atoms with van der Waals surface area (Å²) in [6.07, 6.45) is -0.860. The Morgan fingerprint density at radius 3 is 2.06 bits per heavy atom. The van der Waals surface area contributed by atoms with Gasteiger partial charge >= 0.3 is 6.18 Å². The molecular formula is C25H36ClF3N4O3. The molecule has 2 aliphatic heterocycles. The number of rotatable bonds is 6. The number of halogens is 4. The summed E-state index contributed by atoms with van der Waals surface area (Å²) in [6, 6.07) is 3.52. The van der Waals surface area contributed by atoms with Crippen LogP contribution >= 0.6 is 11.6 Å². The predicted octanol–water partition coefficient (Wildman–Crippen LogP) is 4.23. The molecule has 2 fully saturated rings. The van der Waals surface area contributed by atoms with E-state index in [1.165, 1.54) is 23.6 Å². The first-order chi connectivity index (χ1) is 16.8. The first-order valence-corrected chi connectivity index (χ1v) is 12.8. The van der Waals surface area contributed by atoms with E-state index < -0.39 is 23.6 Å². The van der Waals surface area contributed by atoms with Crippen LogP contribution in [0, 0.1) is 17.8 Å². The summed E-state index contributed by atoms with van der Waals surface area (Å²) in [5, 5.41) is 10.4. The number of hydrogen-bond donors (Lipinski definition) is 1. The number of piperidine rings is 2. The molecule has 1 aromatic heterocycles. The molecule has 1 atom stereocenters. The third-order valence-electron chi connectivity index (χ3n) is 7.57. The third-order valence-corrected chi connectivity index (χ3v) is 7.86. The molecule has 11 heteroatoms. The van der Waals surface area contributed by atoms with Crippen molar-refractivity contribution in [2.45, 2.75) is 57.7 Å². The zero-order chi connectivity index (χ0) is 26.8. The van der Waals surface area contributed by atoms with E-state index in [4.69, 9.17) is 11.6 Å². The second-order valence-corrected chi connectivity index (χ2v) is 10.9. The number of pyridine rings is 1. The number of carbonyl (C=O) groups excluding carboxylic acids is 2. The minimum Gasteiger partial charge on any atom is -0.372 e. The van der Waals surface area contributed by atoms with Crippen LogP contribution in [0.5, 0.6) is 0 Å². The predicted molar refractivity (Wildman–Crippen MR) is 132 cm³/mol. The van der Waals surface area contributed by atoms with Crippen LogP contribution in [0.25, 0.3) is 0 Å². The number of carbonyl (C=O) groups is 2. The Bertz CT molecular complexity index is 943. The van der Waals surface area contributed by atoms with E-state index >= 15 is 0 Å². The molecule has 0 aliphatic carbocycles. The zero-order valence-electron chi connectivity index (χ0n) is 21.3. The van der Waals surface area contributed by atoms with Crippen LogP contribution in [0.1, 0.15) is 56.3 Å². The Morgan fingerprint density at radius 2 is 1.61 bits per heavy atom. The van der Waals surface area contributed by atoms with Gasteiger partial charge in [0.25, 0.3) is 11.8 Å². The lowest BCUT2D eigenvalue weighted by atomic mass is 9.82. The normalized spacial score (nSPS) is 19.9. The van der Waals surface area contributed by atoms with E-state index in [9.17, 15) is 27.9 Å². The van der Waals surface area contributed by atoms with Crippen molar-refractivity contribution in [3.05, 3.63) is 22.8 Å². The minimum absolute atomic E-state index is 0.185. The second kappa shape index (κ2) is 11.1. The Balaban J connectivity index is 1.49. The summed E-state index contributed by atoms with van der Waals surface area (Å²) in [6.45, 7) is 4.50. The van der Waals surface area contributed by atoms with Gasteiger partial charge in [-0.2, -0.15) is 13.2 Å². The maximum Gasteiger partial charge on any atom is 0.426 e. The lowest BCUT2D eigenvalue weighted by Gasteiger charge is -2.41. The van der Waals surface area contributed by atoms with Crippen LogP contribution in [0.15, 0.2) is 12.1 Å². The highest BCUT2D eigenvalue weighted by atomic mass is 35.5. The van der Waals surface area contributed by atoms with Gasteiger partial charge in [0, 0.05) is 46.2 Å². The Hall–Kier alpha value is -2.07. The van der Waals surface area contributed by atoms with Crippen molar-refractivity contribution in [3.63, 3.8) is 0 Å². The van der Waals surface area contributed by atoms with E-state index in [1.54, 1.807) is 20.2 Å². The molecule has 1 unspecified atom stereocenters. The molecule has 1 aromatic rings. The summed E-state index contributed by atoms with van der Waals surface area (Å²) in [5.41, 5.74) is -2.98. The largest absolute Gasteiger partial charge is 0.426 e. The highest BCUT2D eigenvalue weighted by molar-refractivity contribution is 6.32. The van der Waals surface area contributed by atoms with E-state index in [2.05, 4.69) is 9.88 Å². The van der Waals surface area contributed by atoms with Crippen molar-refractivity contribution in [3.8, 4) is 0 Å². The van der Waals surface area contributed by atoms with Crippen molar-refractivity contribution >= 4 is 29.2 Å². The van der Waals surface area contributed by atoms with E-state index in [1.807, 2.05) is 6.07 Å². The van der Waals surface area contributed by atoms with Gasteiger partial charge in [0.2, 0.25) is 5.60 Å². The minimum atomic E-state index is -5.01. The third kappa shape index (κ3) is 5.90. The number of hydrogen-bond acceptors (Lipinski definition) is 5. The summed E-state index contributed by atoms with van der Waals surface area (Å²) >= 11 is 6.26. The zero-order valence-corrected chi connectivity index (χ0v) is 22.1. The SMILES string of the molecule is CC(C)C(O)(C(=O)N1CCC(CC2CCN(c3ccc(C(=O)N(C)C)c(Cl)n3)CC2)CC1)C(F)(F)F. The molecule has 2 aliphatic rings. The number of alkyl halides is 3. The van der Waals surface area contributed by atoms with Crippen LogP contribution in [0.2, 0.25) is 5.15 Å². The van der Waals surface area contributed by atoms with Gasteiger partial charge in [-0.05, 0) is 56.1 Å². The van der Waals surface area contributed by atoms with Gasteiger partial charge in [-0.3, -0.25) is 9.59 Å². The molecule has 3 heterocycles. The van der Waals surface area contributed by atoms with Gasteiger partial charge in [-0.25, -0.2) is 4.98 Å². The van der Waals surface area contributed by atoms with E-state index in [0.717, 1.165) is 38.2 Å². The number of aliphatic hydroxyl groups is 1. The number of likely N-dealkylation sites (tertiary alicyclic amines) is 1. The summed E-state index contributed by atoms with van der Waals surface area (Å²) in [5.74, 6) is -1.13. The molecule has 2 saturated heterocycles. The molecular weight excluding hydrogens is 497 g/mol. The number of anilines is 1. The van der Waals surface area contributed by atoms with Gasteiger partial charge in [-0.1, -0.05) is 25.4 Å². The lowest BCUT2D eigenvalue weighted by Crippen LogP contribution is -2.62. The van der Waals surface area contributed by atoms with Gasteiger partial charge < -0.3 is 19.8 Å². The van der Waals surface area contributed by atoms with Crippen molar-refractivity contribution < 1.29 is 27.9 Å². The van der Waals surface area contributed by atoms with E-state index in [0.29, 0.717) is 30.2 Å². The van der Waals surface area contributed by atoms with Crippen LogP contribution in [0.4, 0.5) is 19.0 Å². The Labute approximate surface area is 215 Å². The number of nitrogens with zero attached hydrogens (tertiary/aromatic N) is 4. The Kier molecular flexibility index (Phi) is 8.81. The topological polar surface area (TPSA) is 77.0 Å². The quantitative estimate of drug-likeness (QED) is 0.555. The molecule has 0 radical (unpaired) electrons. The molecule has 0 saturated carbocycles. The summed E-state index contributed by atoms with van der Waals surface area (Å²) in [4.78, 5) is 34.0. The van der Waals surface area contributed by atoms with E-state index in [-0.39, 0.29) is 24.1 Å². The lowest BCUT2D eigenvalue weighted by molar-refractivity contribution is -0.269. The highest BCUT2D eigenvalue weighted by Crippen LogP contribution is 2.39. The fourth-order valence-corrected chi connectivity index (χ4v) is 5.41. The van der Waals surface area contributed by atoms with Crippen LogP contribution in [-0.4, -0.2) is 83.8 Å². The second-order valence-electron chi connectivity index (χ2n) is 10.5. The molecule has 36 heavy (non-hydrogen) atoms. The van der Waals surface area contributed by atoms with Crippen molar-refractivity contribution in [2.24, 2.45) is 17.8 Å². The van der Waals surface area contributed by atoms with Crippen molar-refractivity contribution in [1.29, 1.82) is 0 Å². The van der Waals surface area contributed by atoms with Gasteiger partial charge in [0.1, 0.15) is 11.0 Å². The highest BCUT2D eigenvalue weighted by Gasteiger charge is 2.62. The van der Waals surface area contributed by atoms with Gasteiger partial charge in [-0.15, -0.1) is 0 Å². The first kappa shape index (κ1) is 28.5. The molecule has 7 nitrogen and oxygen atoms in total. The average Bonchev–Trinajstić information content (AvgIpc) is 2.82. The molecule has 0 spiro atoms. The van der Waals surface area contributed by atoms with Crippen molar-refractivity contribution in [1.82, 2.24) is 14.8 Å². The van der Waals surface area contributed by atoms with Crippen LogP contribution in [0.3, 0.4) is 0 Å². The maximum atomic E-state index is 13.5. The maximum absolute atomic E-state index is 13.5. The standard InChI is InChI=1S/C25H36ClF3N4O3/c1-16(2)24(36,25(27,28)29)23(35)33-13-9-18(10-14-33)15-17-7-11-32(12-8-17)20-6-5-19(21(26)30-20)22(34)31(3)4/h5-6,16-18,36H,7-15H2,1-4H3. The fourth-order valence-electron chi connectivity index (χ4n) is 5.18. The molecule has 0 aromatic carbocycles. The molecule has 1 N–H and O–H groups in total. The Morgan fingerprint density at radius 1 is 1.08 bits per heavy atom. The van der Waals surface area contributed by atoms with Crippen LogP contribution in [-0.2, 0) is 4.79 Å². The first-order valence-electron chi connectivity index (χ1n) is 12.5. The molecule has 2 amide bonds. The molecule has 202 valence electrons. The molecule has 3 rings (SSSR count). The monoisotopic (exact) mass is 532 g/mol. The number of amides is 2. The van der Waals surface area contributed by atoms with Crippen LogP contribution < -0.4 is 4.90 Å². The van der Waals surface area contributed by atoms with Crippen molar-refractivity contribution in [2.75, 3.05) is 45.2 Å².